The van der Waals surface area contributed by atoms with Gasteiger partial charge in [-0.05, 0) is 49.4 Å². The van der Waals surface area contributed by atoms with Gasteiger partial charge in [-0.1, -0.05) is 32.8 Å². The Morgan fingerprint density at radius 3 is 2.29 bits per heavy atom. The third-order valence-electron chi connectivity index (χ3n) is 4.20. The molecule has 0 aliphatic carbocycles. The van der Waals surface area contributed by atoms with Crippen molar-refractivity contribution < 1.29 is 0 Å². The van der Waals surface area contributed by atoms with Gasteiger partial charge in [0.25, 0.3) is 0 Å². The smallest absolute Gasteiger partial charge is 0.0471 e. The van der Waals surface area contributed by atoms with Crippen LogP contribution in [-0.2, 0) is 0 Å². The Kier molecular flexibility index (Phi) is 10.4. The summed E-state index contributed by atoms with van der Waals surface area (Å²) in [7, 11) is 0. The zero-order chi connectivity index (χ0) is 17.9. The zero-order valence-electron chi connectivity index (χ0n) is 15.6. The van der Waals surface area contributed by atoms with Crippen molar-refractivity contribution in [2.75, 3.05) is 29.7 Å². The van der Waals surface area contributed by atoms with Gasteiger partial charge < -0.3 is 4.90 Å². The summed E-state index contributed by atoms with van der Waals surface area (Å²) in [5.41, 5.74) is 3.60. The Morgan fingerprint density at radius 1 is 1.08 bits per heavy atom. The SMILES string of the molecule is Cc1cc(N(CCCl)CCCl)ccc1C=NC(C)CCCC(C)C. The minimum atomic E-state index is 0.381. The van der Waals surface area contributed by atoms with Crippen LogP contribution >= 0.6 is 23.2 Å². The third kappa shape index (κ3) is 7.90. The summed E-state index contributed by atoms with van der Waals surface area (Å²) in [5, 5.41) is 0. The first-order valence-corrected chi connectivity index (χ1v) is 10.1. The van der Waals surface area contributed by atoms with Crippen molar-refractivity contribution in [1.82, 2.24) is 0 Å². The molecule has 0 radical (unpaired) electrons. The average Bonchev–Trinajstić information content (AvgIpc) is 2.53. The van der Waals surface area contributed by atoms with Crippen LogP contribution in [0, 0.1) is 12.8 Å². The highest BCUT2D eigenvalue weighted by Gasteiger charge is 2.07. The van der Waals surface area contributed by atoms with Gasteiger partial charge in [-0.15, -0.1) is 23.2 Å². The topological polar surface area (TPSA) is 15.6 Å². The molecule has 0 saturated carbocycles. The molecule has 24 heavy (non-hydrogen) atoms. The summed E-state index contributed by atoms with van der Waals surface area (Å²) in [4.78, 5) is 6.94. The number of alkyl halides is 2. The highest BCUT2D eigenvalue weighted by atomic mass is 35.5. The lowest BCUT2D eigenvalue weighted by Crippen LogP contribution is -2.27. The van der Waals surface area contributed by atoms with Crippen molar-refractivity contribution in [3.05, 3.63) is 29.3 Å². The molecule has 0 bridgehead atoms. The number of halogens is 2. The van der Waals surface area contributed by atoms with Gasteiger partial charge in [-0.3, -0.25) is 4.99 Å². The van der Waals surface area contributed by atoms with Gasteiger partial charge in [0.2, 0.25) is 0 Å². The van der Waals surface area contributed by atoms with Crippen LogP contribution in [0.15, 0.2) is 23.2 Å². The molecule has 1 aromatic carbocycles. The molecule has 136 valence electrons. The predicted octanol–water partition coefficient (Wildman–Crippen LogP) is 5.91. The molecular formula is C20H32Cl2N2. The minimum Gasteiger partial charge on any atom is -0.369 e. The lowest BCUT2D eigenvalue weighted by Gasteiger charge is -2.23. The van der Waals surface area contributed by atoms with Crippen LogP contribution in [0.1, 0.15) is 51.2 Å². The van der Waals surface area contributed by atoms with E-state index in [2.05, 4.69) is 50.8 Å². The molecular weight excluding hydrogens is 339 g/mol. The Morgan fingerprint density at radius 2 is 1.75 bits per heavy atom. The molecule has 0 aliphatic rings. The minimum absolute atomic E-state index is 0.381. The molecule has 0 spiro atoms. The van der Waals surface area contributed by atoms with Gasteiger partial charge >= 0.3 is 0 Å². The van der Waals surface area contributed by atoms with E-state index in [9.17, 15) is 0 Å². The number of hydrogen-bond donors (Lipinski definition) is 0. The zero-order valence-corrected chi connectivity index (χ0v) is 17.1. The second kappa shape index (κ2) is 11.8. The fraction of sp³-hybridized carbons (Fsp3) is 0.650. The van der Waals surface area contributed by atoms with E-state index in [1.807, 2.05) is 6.21 Å². The molecule has 0 amide bonds. The summed E-state index contributed by atoms with van der Waals surface area (Å²) < 4.78 is 0. The van der Waals surface area contributed by atoms with Gasteiger partial charge in [0.05, 0.1) is 0 Å². The summed E-state index contributed by atoms with van der Waals surface area (Å²) in [5.74, 6) is 1.99. The summed E-state index contributed by atoms with van der Waals surface area (Å²) in [6.07, 6.45) is 5.71. The van der Waals surface area contributed by atoms with Crippen molar-refractivity contribution in [1.29, 1.82) is 0 Å². The lowest BCUT2D eigenvalue weighted by molar-refractivity contribution is 0.512. The van der Waals surface area contributed by atoms with Crippen molar-refractivity contribution in [2.24, 2.45) is 10.9 Å². The average molecular weight is 371 g/mol. The maximum atomic E-state index is 5.89. The molecule has 2 nitrogen and oxygen atoms in total. The third-order valence-corrected chi connectivity index (χ3v) is 4.54. The van der Waals surface area contributed by atoms with Gasteiger partial charge in [0.1, 0.15) is 0 Å². The molecule has 1 unspecified atom stereocenters. The van der Waals surface area contributed by atoms with E-state index < -0.39 is 0 Å². The standard InChI is InChI=1S/C20H32Cl2N2/c1-16(2)6-5-7-18(4)23-15-19-8-9-20(14-17(19)3)24(12-10-21)13-11-22/h8-9,14-16,18H,5-7,10-13H2,1-4H3. The summed E-state index contributed by atoms with van der Waals surface area (Å²) in [6.45, 7) is 10.5. The van der Waals surface area contributed by atoms with Crippen molar-refractivity contribution in [3.8, 4) is 0 Å². The van der Waals surface area contributed by atoms with E-state index in [1.54, 1.807) is 0 Å². The summed E-state index contributed by atoms with van der Waals surface area (Å²) in [6, 6.07) is 6.86. The van der Waals surface area contributed by atoms with E-state index in [1.165, 1.54) is 29.7 Å². The van der Waals surface area contributed by atoms with Gasteiger partial charge in [-0.25, -0.2) is 0 Å². The molecule has 4 heteroatoms. The number of aliphatic imine (C=N–C) groups is 1. The van der Waals surface area contributed by atoms with Gasteiger partial charge in [0, 0.05) is 42.8 Å². The molecule has 0 heterocycles. The lowest BCUT2D eigenvalue weighted by atomic mass is 10.0. The highest BCUT2D eigenvalue weighted by molar-refractivity contribution is 6.18. The maximum absolute atomic E-state index is 5.89. The van der Waals surface area contributed by atoms with Crippen molar-refractivity contribution in [3.63, 3.8) is 0 Å². The molecule has 1 aromatic rings. The van der Waals surface area contributed by atoms with Crippen LogP contribution in [0.25, 0.3) is 0 Å². The summed E-state index contributed by atoms with van der Waals surface area (Å²) >= 11 is 11.8. The van der Waals surface area contributed by atoms with Crippen LogP contribution in [0.5, 0.6) is 0 Å². The monoisotopic (exact) mass is 370 g/mol. The molecule has 0 N–H and O–H groups in total. The first-order valence-electron chi connectivity index (χ1n) is 8.98. The molecule has 1 rings (SSSR count). The van der Waals surface area contributed by atoms with E-state index in [4.69, 9.17) is 28.2 Å². The van der Waals surface area contributed by atoms with E-state index in [0.717, 1.165) is 25.4 Å². The van der Waals surface area contributed by atoms with E-state index in [0.29, 0.717) is 17.8 Å². The Hall–Kier alpha value is -0.730. The number of rotatable bonds is 11. The maximum Gasteiger partial charge on any atom is 0.0471 e. The normalized spacial score (nSPS) is 13.0. The number of anilines is 1. The molecule has 0 fully saturated rings. The van der Waals surface area contributed by atoms with Crippen LogP contribution in [0.2, 0.25) is 0 Å². The molecule has 1 atom stereocenters. The Labute approximate surface area is 158 Å². The fourth-order valence-corrected chi connectivity index (χ4v) is 3.09. The van der Waals surface area contributed by atoms with Crippen LogP contribution in [0.4, 0.5) is 5.69 Å². The Bertz CT molecular complexity index is 494. The quantitative estimate of drug-likeness (QED) is 0.349. The van der Waals surface area contributed by atoms with E-state index in [-0.39, 0.29) is 0 Å². The van der Waals surface area contributed by atoms with Crippen LogP contribution in [-0.4, -0.2) is 37.1 Å². The number of benzene rings is 1. The molecule has 0 aromatic heterocycles. The number of aryl methyl sites for hydroxylation is 1. The molecule has 0 saturated heterocycles. The second-order valence-corrected chi connectivity index (χ2v) is 7.61. The van der Waals surface area contributed by atoms with Gasteiger partial charge in [-0.2, -0.15) is 0 Å². The van der Waals surface area contributed by atoms with Crippen molar-refractivity contribution >= 4 is 35.1 Å². The second-order valence-electron chi connectivity index (χ2n) is 6.86. The van der Waals surface area contributed by atoms with Crippen LogP contribution < -0.4 is 4.90 Å². The van der Waals surface area contributed by atoms with E-state index >= 15 is 0 Å². The predicted molar refractivity (Wildman–Crippen MR) is 111 cm³/mol. The van der Waals surface area contributed by atoms with Crippen molar-refractivity contribution in [2.45, 2.75) is 53.0 Å². The first-order chi connectivity index (χ1) is 11.5. The number of hydrogen-bond acceptors (Lipinski definition) is 2. The first kappa shape index (κ1) is 21.3. The van der Waals surface area contributed by atoms with Crippen LogP contribution in [0.3, 0.4) is 0 Å². The number of nitrogens with zero attached hydrogens (tertiary/aromatic N) is 2. The largest absolute Gasteiger partial charge is 0.369 e. The Balaban J connectivity index is 2.68. The molecule has 0 aliphatic heterocycles. The van der Waals surface area contributed by atoms with Gasteiger partial charge in [0.15, 0.2) is 0 Å². The highest BCUT2D eigenvalue weighted by Crippen LogP contribution is 2.19. The fourth-order valence-electron chi connectivity index (χ4n) is 2.68.